The molecule has 1 aliphatic heterocycles. The molecule has 4 heteroatoms. The second kappa shape index (κ2) is 8.38. The number of nitrogens with zero attached hydrogens (tertiary/aromatic N) is 1. The standard InChI is InChI=1S/C26H30N2O2/c29-17-24-14-25(30)16-28(24)15-23-13-22-12-21(9-10-26(22)27-23)20-8-4-7-19(11-20)18-5-2-1-3-6-18/h4-5,7-13,24-25,27,29-30H,1-3,6,14-17H2/t24-,25-/m1/s1. The van der Waals surface area contributed by atoms with Crippen molar-refractivity contribution in [1.82, 2.24) is 9.88 Å². The summed E-state index contributed by atoms with van der Waals surface area (Å²) in [5.74, 6) is 0. The Hall–Kier alpha value is -2.40. The van der Waals surface area contributed by atoms with Crippen LogP contribution in [-0.4, -0.2) is 45.4 Å². The molecule has 2 aromatic carbocycles. The molecule has 4 nitrogen and oxygen atoms in total. The summed E-state index contributed by atoms with van der Waals surface area (Å²) in [5, 5.41) is 20.7. The summed E-state index contributed by atoms with van der Waals surface area (Å²) in [6.07, 6.45) is 7.69. The van der Waals surface area contributed by atoms with Crippen LogP contribution >= 0.6 is 0 Å². The monoisotopic (exact) mass is 402 g/mol. The minimum absolute atomic E-state index is 0.0406. The minimum atomic E-state index is -0.343. The maximum atomic E-state index is 9.93. The van der Waals surface area contributed by atoms with Crippen molar-refractivity contribution < 1.29 is 10.2 Å². The maximum absolute atomic E-state index is 9.93. The van der Waals surface area contributed by atoms with Gasteiger partial charge in [0.05, 0.1) is 12.7 Å². The molecular formula is C26H30N2O2. The number of aromatic nitrogens is 1. The van der Waals surface area contributed by atoms with Gasteiger partial charge >= 0.3 is 0 Å². The number of aromatic amines is 1. The van der Waals surface area contributed by atoms with E-state index >= 15 is 0 Å². The van der Waals surface area contributed by atoms with Gasteiger partial charge in [-0.25, -0.2) is 0 Å². The molecule has 2 atom stereocenters. The summed E-state index contributed by atoms with van der Waals surface area (Å²) in [6, 6.07) is 17.8. The summed E-state index contributed by atoms with van der Waals surface area (Å²) < 4.78 is 0. The van der Waals surface area contributed by atoms with Crippen LogP contribution in [0.5, 0.6) is 0 Å². The van der Waals surface area contributed by atoms with Crippen molar-refractivity contribution in [3.05, 3.63) is 65.9 Å². The summed E-state index contributed by atoms with van der Waals surface area (Å²) >= 11 is 0. The molecule has 1 fully saturated rings. The van der Waals surface area contributed by atoms with Crippen LogP contribution in [0, 0.1) is 0 Å². The van der Waals surface area contributed by atoms with Crippen LogP contribution in [0.1, 0.15) is 43.4 Å². The van der Waals surface area contributed by atoms with E-state index in [-0.39, 0.29) is 18.8 Å². The molecule has 1 aromatic heterocycles. The summed E-state index contributed by atoms with van der Waals surface area (Å²) in [7, 11) is 0. The number of hydrogen-bond acceptors (Lipinski definition) is 3. The second-order valence-corrected chi connectivity index (χ2v) is 8.81. The third-order valence-corrected chi connectivity index (χ3v) is 6.62. The number of β-amino-alcohol motifs (C(OH)–C–C–N with tert-alkyl or cyclic N) is 1. The number of benzene rings is 2. The highest BCUT2D eigenvalue weighted by Crippen LogP contribution is 2.31. The number of aliphatic hydroxyl groups excluding tert-OH is 2. The van der Waals surface area contributed by atoms with Gasteiger partial charge in [0.15, 0.2) is 0 Å². The van der Waals surface area contributed by atoms with E-state index in [4.69, 9.17) is 0 Å². The van der Waals surface area contributed by atoms with Crippen LogP contribution < -0.4 is 0 Å². The van der Waals surface area contributed by atoms with Crippen molar-refractivity contribution in [3.8, 4) is 11.1 Å². The number of H-pyrrole nitrogens is 1. The van der Waals surface area contributed by atoms with E-state index in [1.54, 1.807) is 0 Å². The highest BCUT2D eigenvalue weighted by molar-refractivity contribution is 5.86. The molecule has 0 radical (unpaired) electrons. The molecule has 1 saturated heterocycles. The highest BCUT2D eigenvalue weighted by Gasteiger charge is 2.30. The maximum Gasteiger partial charge on any atom is 0.0683 e. The van der Waals surface area contributed by atoms with Gasteiger partial charge in [-0.3, -0.25) is 4.90 Å². The molecule has 1 aliphatic carbocycles. The smallest absolute Gasteiger partial charge is 0.0683 e. The Morgan fingerprint density at radius 1 is 1.00 bits per heavy atom. The van der Waals surface area contributed by atoms with E-state index in [1.165, 1.54) is 53.3 Å². The van der Waals surface area contributed by atoms with E-state index in [9.17, 15) is 10.2 Å². The SMILES string of the molecule is OC[C@H]1C[C@@H](O)CN1Cc1cc2cc(-c3cccc(C4=CCCCC4)c3)ccc2[nH]1. The molecule has 3 N–H and O–H groups in total. The van der Waals surface area contributed by atoms with Crippen LogP contribution in [0.25, 0.3) is 27.6 Å². The Bertz CT molecular complexity index is 1070. The van der Waals surface area contributed by atoms with Crippen molar-refractivity contribution in [3.63, 3.8) is 0 Å². The number of fused-ring (bicyclic) bond motifs is 1. The number of allylic oxidation sites excluding steroid dienone is 2. The minimum Gasteiger partial charge on any atom is -0.395 e. The van der Waals surface area contributed by atoms with Crippen molar-refractivity contribution in [1.29, 1.82) is 0 Å². The van der Waals surface area contributed by atoms with Crippen molar-refractivity contribution >= 4 is 16.5 Å². The lowest BCUT2D eigenvalue weighted by Gasteiger charge is -2.21. The van der Waals surface area contributed by atoms with Crippen molar-refractivity contribution in [2.45, 2.75) is 50.8 Å². The normalized spacial score (nSPS) is 22.5. The lowest BCUT2D eigenvalue weighted by atomic mass is 9.91. The van der Waals surface area contributed by atoms with Crippen LogP contribution in [0.3, 0.4) is 0 Å². The van der Waals surface area contributed by atoms with Crippen LogP contribution in [0.2, 0.25) is 0 Å². The fourth-order valence-electron chi connectivity index (χ4n) is 5.02. The number of rotatable bonds is 5. The molecule has 30 heavy (non-hydrogen) atoms. The Labute approximate surface area is 177 Å². The fraction of sp³-hybridized carbons (Fsp3) is 0.385. The van der Waals surface area contributed by atoms with Gasteiger partial charge in [-0.05, 0) is 78.6 Å². The average Bonchev–Trinajstić information content (AvgIpc) is 3.35. The Balaban J connectivity index is 1.40. The zero-order chi connectivity index (χ0) is 20.5. The van der Waals surface area contributed by atoms with Gasteiger partial charge in [0.2, 0.25) is 0 Å². The van der Waals surface area contributed by atoms with Gasteiger partial charge in [0, 0.05) is 35.7 Å². The summed E-state index contributed by atoms with van der Waals surface area (Å²) in [5.41, 5.74) is 7.57. The lowest BCUT2D eigenvalue weighted by molar-refractivity contribution is 0.149. The zero-order valence-corrected chi connectivity index (χ0v) is 17.3. The molecule has 2 heterocycles. The highest BCUT2D eigenvalue weighted by atomic mass is 16.3. The number of aliphatic hydroxyl groups is 2. The van der Waals surface area contributed by atoms with Gasteiger partial charge in [0.1, 0.15) is 0 Å². The largest absolute Gasteiger partial charge is 0.395 e. The summed E-state index contributed by atoms with van der Waals surface area (Å²) in [6.45, 7) is 1.43. The molecule has 5 rings (SSSR count). The predicted molar refractivity (Wildman–Crippen MR) is 122 cm³/mol. The predicted octanol–water partition coefficient (Wildman–Crippen LogP) is 4.72. The first-order valence-corrected chi connectivity index (χ1v) is 11.1. The van der Waals surface area contributed by atoms with Gasteiger partial charge in [0.25, 0.3) is 0 Å². The van der Waals surface area contributed by atoms with E-state index in [2.05, 4.69) is 64.5 Å². The molecule has 0 spiro atoms. The molecule has 0 saturated carbocycles. The van der Waals surface area contributed by atoms with Crippen molar-refractivity contribution in [2.24, 2.45) is 0 Å². The van der Waals surface area contributed by atoms with Gasteiger partial charge < -0.3 is 15.2 Å². The number of nitrogens with one attached hydrogen (secondary N) is 1. The lowest BCUT2D eigenvalue weighted by Crippen LogP contribution is -2.31. The molecule has 3 aromatic rings. The number of hydrogen-bond donors (Lipinski definition) is 3. The molecule has 2 aliphatic rings. The average molecular weight is 403 g/mol. The van der Waals surface area contributed by atoms with E-state index < -0.39 is 0 Å². The third kappa shape index (κ3) is 3.95. The van der Waals surface area contributed by atoms with Crippen LogP contribution in [-0.2, 0) is 6.54 Å². The topological polar surface area (TPSA) is 59.5 Å². The third-order valence-electron chi connectivity index (χ3n) is 6.62. The number of likely N-dealkylation sites (tertiary alicyclic amines) is 1. The first-order chi connectivity index (χ1) is 14.7. The van der Waals surface area contributed by atoms with Gasteiger partial charge in [-0.2, -0.15) is 0 Å². The van der Waals surface area contributed by atoms with Crippen molar-refractivity contribution in [2.75, 3.05) is 13.2 Å². The Morgan fingerprint density at radius 3 is 2.70 bits per heavy atom. The first kappa shape index (κ1) is 19.6. The zero-order valence-electron chi connectivity index (χ0n) is 17.3. The fourth-order valence-corrected chi connectivity index (χ4v) is 5.02. The van der Waals surface area contributed by atoms with E-state index in [0.717, 1.165) is 17.8 Å². The second-order valence-electron chi connectivity index (χ2n) is 8.81. The first-order valence-electron chi connectivity index (χ1n) is 11.1. The van der Waals surface area contributed by atoms with E-state index in [0.29, 0.717) is 13.0 Å². The quantitative estimate of drug-likeness (QED) is 0.579. The summed E-state index contributed by atoms with van der Waals surface area (Å²) in [4.78, 5) is 5.67. The van der Waals surface area contributed by atoms with Crippen LogP contribution in [0.15, 0.2) is 54.6 Å². The van der Waals surface area contributed by atoms with Gasteiger partial charge in [-0.15, -0.1) is 0 Å². The van der Waals surface area contributed by atoms with Crippen LogP contribution in [0.4, 0.5) is 0 Å². The Kier molecular flexibility index (Phi) is 5.47. The molecule has 156 valence electrons. The molecule has 0 amide bonds. The van der Waals surface area contributed by atoms with Gasteiger partial charge in [-0.1, -0.05) is 30.3 Å². The molecule has 0 bridgehead atoms. The van der Waals surface area contributed by atoms with E-state index in [1.807, 2.05) is 0 Å². The molecule has 0 unspecified atom stereocenters. The Morgan fingerprint density at radius 2 is 1.87 bits per heavy atom. The molecular weight excluding hydrogens is 372 g/mol.